The van der Waals surface area contributed by atoms with Crippen molar-refractivity contribution in [2.75, 3.05) is 5.32 Å². The van der Waals surface area contributed by atoms with Gasteiger partial charge >= 0.3 is 6.09 Å². The van der Waals surface area contributed by atoms with Gasteiger partial charge in [-0.25, -0.2) is 9.78 Å². The molecule has 0 unspecified atom stereocenters. The van der Waals surface area contributed by atoms with E-state index in [4.69, 9.17) is 4.74 Å². The molecule has 0 aliphatic heterocycles. The molecular formula is C13H18N2O3. The van der Waals surface area contributed by atoms with Crippen molar-refractivity contribution >= 4 is 18.2 Å². The maximum atomic E-state index is 11.5. The van der Waals surface area contributed by atoms with Gasteiger partial charge in [0.05, 0.1) is 0 Å². The van der Waals surface area contributed by atoms with Crippen molar-refractivity contribution in [3.05, 3.63) is 23.9 Å². The Morgan fingerprint density at radius 3 is 2.83 bits per heavy atom. The van der Waals surface area contributed by atoms with Gasteiger partial charge in [-0.3, -0.25) is 5.32 Å². The summed E-state index contributed by atoms with van der Waals surface area (Å²) >= 11 is 0. The maximum Gasteiger partial charge on any atom is 0.413 e. The molecule has 1 rings (SSSR count). The molecule has 18 heavy (non-hydrogen) atoms. The zero-order chi connectivity index (χ0) is 13.6. The van der Waals surface area contributed by atoms with Gasteiger partial charge in [-0.2, -0.15) is 0 Å². The molecule has 0 atom stereocenters. The summed E-state index contributed by atoms with van der Waals surface area (Å²) in [6.07, 6.45) is 3.00. The van der Waals surface area contributed by atoms with Gasteiger partial charge in [-0.15, -0.1) is 0 Å². The molecule has 5 nitrogen and oxygen atoms in total. The van der Waals surface area contributed by atoms with Crippen molar-refractivity contribution in [3.8, 4) is 0 Å². The highest BCUT2D eigenvalue weighted by Crippen LogP contribution is 2.12. The summed E-state index contributed by atoms with van der Waals surface area (Å²) in [4.78, 5) is 25.8. The van der Waals surface area contributed by atoms with Gasteiger partial charge in [-0.05, 0) is 44.9 Å². The Morgan fingerprint density at radius 1 is 1.50 bits per heavy atom. The Labute approximate surface area is 107 Å². The fourth-order valence-electron chi connectivity index (χ4n) is 1.33. The third kappa shape index (κ3) is 5.43. The van der Waals surface area contributed by atoms with Crippen molar-refractivity contribution in [1.29, 1.82) is 0 Å². The van der Waals surface area contributed by atoms with Gasteiger partial charge in [0.25, 0.3) is 0 Å². The number of carbonyl (C=O) groups is 2. The largest absolute Gasteiger partial charge is 0.444 e. The maximum absolute atomic E-state index is 11.5. The minimum Gasteiger partial charge on any atom is -0.444 e. The highest BCUT2D eigenvalue weighted by molar-refractivity contribution is 5.83. The van der Waals surface area contributed by atoms with Crippen LogP contribution in [0.3, 0.4) is 0 Å². The zero-order valence-electron chi connectivity index (χ0n) is 10.9. The van der Waals surface area contributed by atoms with Crippen molar-refractivity contribution in [2.45, 2.75) is 39.2 Å². The van der Waals surface area contributed by atoms with Crippen LogP contribution in [0.4, 0.5) is 10.6 Å². The first-order valence-corrected chi connectivity index (χ1v) is 5.79. The van der Waals surface area contributed by atoms with Crippen molar-refractivity contribution in [2.24, 2.45) is 0 Å². The standard InChI is InChI=1S/C13H18N2O3/c1-13(2,3)18-12(17)15-11-9-10(5-4-8-16)6-7-14-11/h6-9H,4-5H2,1-3H3,(H,14,15,17). The number of amides is 1. The summed E-state index contributed by atoms with van der Waals surface area (Å²) < 4.78 is 5.12. The second kappa shape index (κ2) is 6.14. The lowest BCUT2D eigenvalue weighted by molar-refractivity contribution is -0.107. The summed E-state index contributed by atoms with van der Waals surface area (Å²) in [6.45, 7) is 5.38. The van der Waals surface area contributed by atoms with Gasteiger partial charge in [-0.1, -0.05) is 0 Å². The summed E-state index contributed by atoms with van der Waals surface area (Å²) in [6, 6.07) is 3.54. The van der Waals surface area contributed by atoms with Crippen LogP contribution in [0, 0.1) is 0 Å². The molecule has 1 amide bonds. The summed E-state index contributed by atoms with van der Waals surface area (Å²) in [5, 5.41) is 2.55. The molecule has 1 aromatic heterocycles. The molecule has 0 saturated heterocycles. The minimum absolute atomic E-state index is 0.424. The quantitative estimate of drug-likeness (QED) is 0.834. The number of nitrogens with one attached hydrogen (secondary N) is 1. The molecule has 0 aromatic carbocycles. The number of ether oxygens (including phenoxy) is 1. The number of rotatable bonds is 4. The van der Waals surface area contributed by atoms with Gasteiger partial charge in [0.1, 0.15) is 17.7 Å². The average Bonchev–Trinajstić information content (AvgIpc) is 2.24. The monoisotopic (exact) mass is 250 g/mol. The minimum atomic E-state index is -0.542. The second-order valence-electron chi connectivity index (χ2n) is 4.88. The predicted octanol–water partition coefficient (Wildman–Crippen LogP) is 2.56. The van der Waals surface area contributed by atoms with Crippen LogP contribution in [-0.2, 0) is 16.0 Å². The fraction of sp³-hybridized carbons (Fsp3) is 0.462. The zero-order valence-corrected chi connectivity index (χ0v) is 10.9. The van der Waals surface area contributed by atoms with Gasteiger partial charge in [0.15, 0.2) is 0 Å². The molecule has 0 fully saturated rings. The lowest BCUT2D eigenvalue weighted by atomic mass is 10.1. The SMILES string of the molecule is CC(C)(C)OC(=O)Nc1cc(CCC=O)ccn1. The smallest absolute Gasteiger partial charge is 0.413 e. The van der Waals surface area contributed by atoms with Crippen molar-refractivity contribution in [3.63, 3.8) is 0 Å². The first-order valence-electron chi connectivity index (χ1n) is 5.79. The van der Waals surface area contributed by atoms with Crippen LogP contribution in [0.5, 0.6) is 0 Å². The number of aromatic nitrogens is 1. The number of hydrogen-bond acceptors (Lipinski definition) is 4. The molecular weight excluding hydrogens is 232 g/mol. The molecule has 0 saturated carbocycles. The lowest BCUT2D eigenvalue weighted by Gasteiger charge is -2.19. The van der Waals surface area contributed by atoms with Crippen molar-refractivity contribution in [1.82, 2.24) is 4.98 Å². The normalized spacial score (nSPS) is 10.8. The predicted molar refractivity (Wildman–Crippen MR) is 68.5 cm³/mol. The summed E-state index contributed by atoms with van der Waals surface area (Å²) in [5.41, 5.74) is 0.405. The van der Waals surface area contributed by atoms with Crippen LogP contribution in [0.2, 0.25) is 0 Å². The Kier molecular flexibility index (Phi) is 4.83. The van der Waals surface area contributed by atoms with E-state index in [1.165, 1.54) is 0 Å². The van der Waals surface area contributed by atoms with Crippen LogP contribution in [0.25, 0.3) is 0 Å². The van der Waals surface area contributed by atoms with Crippen LogP contribution >= 0.6 is 0 Å². The molecule has 1 heterocycles. The third-order valence-electron chi connectivity index (χ3n) is 2.00. The third-order valence-corrected chi connectivity index (χ3v) is 2.00. The van der Waals surface area contributed by atoms with E-state index < -0.39 is 11.7 Å². The Morgan fingerprint density at radius 2 is 2.22 bits per heavy atom. The molecule has 0 radical (unpaired) electrons. The van der Waals surface area contributed by atoms with Crippen LogP contribution in [0.1, 0.15) is 32.8 Å². The molecule has 98 valence electrons. The Balaban J connectivity index is 2.61. The van der Waals surface area contributed by atoms with E-state index in [0.717, 1.165) is 11.8 Å². The summed E-state index contributed by atoms with van der Waals surface area (Å²) in [7, 11) is 0. The first kappa shape index (κ1) is 14.2. The summed E-state index contributed by atoms with van der Waals surface area (Å²) in [5.74, 6) is 0.424. The molecule has 0 aliphatic rings. The van der Waals surface area contributed by atoms with E-state index in [2.05, 4.69) is 10.3 Å². The van der Waals surface area contributed by atoms with Crippen molar-refractivity contribution < 1.29 is 14.3 Å². The molecule has 0 bridgehead atoms. The average molecular weight is 250 g/mol. The van der Waals surface area contributed by atoms with Crippen LogP contribution in [-0.4, -0.2) is 23.0 Å². The number of aldehydes is 1. The fourth-order valence-corrected chi connectivity index (χ4v) is 1.33. The van der Waals surface area contributed by atoms with E-state index in [1.807, 2.05) is 6.07 Å². The molecule has 5 heteroatoms. The van der Waals surface area contributed by atoms with E-state index in [1.54, 1.807) is 33.0 Å². The van der Waals surface area contributed by atoms with Crippen LogP contribution in [0.15, 0.2) is 18.3 Å². The number of anilines is 1. The first-order chi connectivity index (χ1) is 8.40. The number of pyridine rings is 1. The van der Waals surface area contributed by atoms with E-state index in [9.17, 15) is 9.59 Å². The van der Waals surface area contributed by atoms with Gasteiger partial charge in [0.2, 0.25) is 0 Å². The Hall–Kier alpha value is -1.91. The van der Waals surface area contributed by atoms with Gasteiger partial charge in [0, 0.05) is 12.6 Å². The highest BCUT2D eigenvalue weighted by Gasteiger charge is 2.16. The Bertz CT molecular complexity index is 424. The molecule has 1 N–H and O–H groups in total. The highest BCUT2D eigenvalue weighted by atomic mass is 16.6. The van der Waals surface area contributed by atoms with Crippen LogP contribution < -0.4 is 5.32 Å². The number of carbonyl (C=O) groups excluding carboxylic acids is 2. The molecule has 0 aliphatic carbocycles. The lowest BCUT2D eigenvalue weighted by Crippen LogP contribution is -2.27. The number of hydrogen-bond donors (Lipinski definition) is 1. The molecule has 0 spiro atoms. The van der Waals surface area contributed by atoms with Gasteiger partial charge < -0.3 is 9.53 Å². The van der Waals surface area contributed by atoms with E-state index in [-0.39, 0.29) is 0 Å². The van der Waals surface area contributed by atoms with E-state index in [0.29, 0.717) is 18.7 Å². The van der Waals surface area contributed by atoms with E-state index >= 15 is 0 Å². The molecule has 1 aromatic rings. The second-order valence-corrected chi connectivity index (χ2v) is 4.88. The number of aryl methyl sites for hydroxylation is 1. The topological polar surface area (TPSA) is 68.3 Å². The number of nitrogens with zero attached hydrogens (tertiary/aromatic N) is 1.